The zero-order chi connectivity index (χ0) is 26.6. The van der Waals surface area contributed by atoms with Gasteiger partial charge in [-0.15, -0.1) is 0 Å². The van der Waals surface area contributed by atoms with E-state index in [0.717, 1.165) is 23.6 Å². The van der Waals surface area contributed by atoms with Gasteiger partial charge < -0.3 is 9.73 Å². The molecule has 2 aromatic rings. The summed E-state index contributed by atoms with van der Waals surface area (Å²) in [5.41, 5.74) is 1.75. The van der Waals surface area contributed by atoms with Crippen LogP contribution < -0.4 is 10.7 Å². The van der Waals surface area contributed by atoms with Gasteiger partial charge in [0.1, 0.15) is 11.3 Å². The maximum absolute atomic E-state index is 14.3. The molecule has 0 bridgehead atoms. The maximum Gasteiger partial charge on any atom is 0.451 e. The Labute approximate surface area is 218 Å². The highest BCUT2D eigenvalue weighted by molar-refractivity contribution is 14.1. The average Bonchev–Trinajstić information content (AvgIpc) is 3.19. The number of carbonyl (C=O) groups excluding carboxylic acids is 2. The van der Waals surface area contributed by atoms with Crippen LogP contribution in [0.5, 0.6) is 0 Å². The van der Waals surface area contributed by atoms with Crippen LogP contribution in [-0.4, -0.2) is 23.4 Å². The lowest BCUT2D eigenvalue weighted by Gasteiger charge is -2.25. The number of nitrogens with one attached hydrogen (secondary N) is 2. The second-order valence-corrected chi connectivity index (χ2v) is 9.58. The fraction of sp³-hybridized carbons (Fsp3) is 0.417. The highest BCUT2D eigenvalue weighted by atomic mass is 127. The van der Waals surface area contributed by atoms with Crippen molar-refractivity contribution in [1.29, 1.82) is 0 Å². The van der Waals surface area contributed by atoms with Crippen molar-refractivity contribution in [2.24, 2.45) is 5.92 Å². The Hall–Kier alpha value is -2.48. The number of aryl methyl sites for hydroxylation is 1. The van der Waals surface area contributed by atoms with Crippen molar-refractivity contribution in [3.8, 4) is 0 Å². The normalized spacial score (nSPS) is 19.6. The Balaban J connectivity index is 2.03. The van der Waals surface area contributed by atoms with Crippen molar-refractivity contribution in [3.05, 3.63) is 62.1 Å². The van der Waals surface area contributed by atoms with Crippen LogP contribution >= 0.6 is 22.6 Å². The molecule has 0 saturated heterocycles. The van der Waals surface area contributed by atoms with E-state index in [1.165, 1.54) is 19.1 Å². The second kappa shape index (κ2) is 11.7. The summed E-state index contributed by atoms with van der Waals surface area (Å²) in [7, 11) is 0. The van der Waals surface area contributed by atoms with E-state index in [1.807, 2.05) is 29.5 Å². The molecule has 3 rings (SSSR count). The number of alkyl halides is 3. The second-order valence-electron chi connectivity index (χ2n) is 8.41. The highest BCUT2D eigenvalue weighted by Crippen LogP contribution is 2.38. The summed E-state index contributed by atoms with van der Waals surface area (Å²) >= 11 is 1.88. The monoisotopic (exact) mass is 625 g/mol. The van der Waals surface area contributed by atoms with Gasteiger partial charge in [-0.2, -0.15) is 13.2 Å². The summed E-state index contributed by atoms with van der Waals surface area (Å²) in [5, 5.41) is 3.17. The van der Waals surface area contributed by atoms with Crippen LogP contribution in [0.15, 0.2) is 37.8 Å². The van der Waals surface area contributed by atoms with Crippen LogP contribution in [0.25, 0.3) is 0 Å². The first-order valence-corrected chi connectivity index (χ1v) is 12.4. The van der Waals surface area contributed by atoms with Gasteiger partial charge in [-0.05, 0) is 60.8 Å². The molecule has 1 aliphatic rings. The van der Waals surface area contributed by atoms with Gasteiger partial charge in [0.25, 0.3) is 11.8 Å². The standard InChI is InChI=1S/C24H25F5IN3O3/c1-3-6-14-8-5-10-31-33(12-15-7-4-9-16(25)19(15)26)23(35)18(20(14)30)22(34)32-17-11-13(2)36-21(17)24(27,28)29/h4,7,9,11,14,31H,3,5-6,8,10,12H2,1-2H3,(H,32,34)/b20-18+/t14-/m0/s1. The minimum atomic E-state index is -4.87. The first-order chi connectivity index (χ1) is 16.9. The summed E-state index contributed by atoms with van der Waals surface area (Å²) in [6.07, 6.45) is -2.23. The van der Waals surface area contributed by atoms with E-state index < -0.39 is 47.6 Å². The molecule has 0 radical (unpaired) electrons. The minimum absolute atomic E-state index is 0.0733. The van der Waals surface area contributed by atoms with E-state index in [1.54, 1.807) is 0 Å². The van der Waals surface area contributed by atoms with Crippen molar-refractivity contribution >= 4 is 40.1 Å². The van der Waals surface area contributed by atoms with Gasteiger partial charge in [-0.3, -0.25) is 14.6 Å². The Bertz CT molecular complexity index is 1160. The van der Waals surface area contributed by atoms with E-state index >= 15 is 0 Å². The van der Waals surface area contributed by atoms with Crippen LogP contribution in [-0.2, 0) is 22.3 Å². The largest absolute Gasteiger partial charge is 0.455 e. The highest BCUT2D eigenvalue weighted by Gasteiger charge is 2.40. The van der Waals surface area contributed by atoms with E-state index in [0.29, 0.717) is 29.4 Å². The molecule has 0 spiro atoms. The van der Waals surface area contributed by atoms with Gasteiger partial charge >= 0.3 is 6.18 Å². The number of allylic oxidation sites excluding steroid dienone is 1. The summed E-state index contributed by atoms with van der Waals surface area (Å²) in [5.74, 6) is -5.78. The molecule has 1 aromatic carbocycles. The number of hydrogen-bond donors (Lipinski definition) is 2. The molecule has 0 saturated carbocycles. The third kappa shape index (κ3) is 6.44. The van der Waals surface area contributed by atoms with E-state index in [9.17, 15) is 31.5 Å². The summed E-state index contributed by atoms with van der Waals surface area (Å²) in [4.78, 5) is 26.9. The van der Waals surface area contributed by atoms with E-state index in [4.69, 9.17) is 4.42 Å². The van der Waals surface area contributed by atoms with Crippen molar-refractivity contribution in [2.75, 3.05) is 11.9 Å². The van der Waals surface area contributed by atoms with E-state index in [-0.39, 0.29) is 22.8 Å². The molecule has 0 unspecified atom stereocenters. The summed E-state index contributed by atoms with van der Waals surface area (Å²) in [6.45, 7) is 3.16. The molecule has 0 fully saturated rings. The lowest BCUT2D eigenvalue weighted by Crippen LogP contribution is -2.45. The average molecular weight is 625 g/mol. The molecule has 36 heavy (non-hydrogen) atoms. The zero-order valence-corrected chi connectivity index (χ0v) is 21.7. The predicted octanol–water partition coefficient (Wildman–Crippen LogP) is 6.26. The fourth-order valence-corrected chi connectivity index (χ4v) is 5.10. The zero-order valence-electron chi connectivity index (χ0n) is 19.6. The van der Waals surface area contributed by atoms with Gasteiger partial charge in [0, 0.05) is 21.8 Å². The first kappa shape index (κ1) is 28.1. The Kier molecular flexibility index (Phi) is 9.14. The maximum atomic E-state index is 14.3. The van der Waals surface area contributed by atoms with Gasteiger partial charge in [0.15, 0.2) is 11.6 Å². The van der Waals surface area contributed by atoms with Gasteiger partial charge in [-0.1, -0.05) is 25.5 Å². The molecule has 1 aromatic heterocycles. The molecule has 0 aliphatic carbocycles. The number of halogens is 6. The lowest BCUT2D eigenvalue weighted by molar-refractivity contribution is -0.152. The number of carbonyl (C=O) groups is 2. The molecule has 6 nitrogen and oxygen atoms in total. The van der Waals surface area contributed by atoms with Crippen molar-refractivity contribution < 1.29 is 36.0 Å². The van der Waals surface area contributed by atoms with Gasteiger partial charge in [0.2, 0.25) is 5.76 Å². The van der Waals surface area contributed by atoms with Crippen molar-refractivity contribution in [2.45, 2.75) is 52.3 Å². The number of benzene rings is 1. The number of hydrogen-bond acceptors (Lipinski definition) is 4. The predicted molar refractivity (Wildman–Crippen MR) is 131 cm³/mol. The Morgan fingerprint density at radius 2 is 2.03 bits per heavy atom. The number of rotatable bonds is 6. The summed E-state index contributed by atoms with van der Waals surface area (Å²) in [6, 6.07) is 4.56. The van der Waals surface area contributed by atoms with Crippen LogP contribution in [0.1, 0.15) is 49.7 Å². The third-order valence-electron chi connectivity index (χ3n) is 5.67. The lowest BCUT2D eigenvalue weighted by atomic mass is 9.94. The minimum Gasteiger partial charge on any atom is -0.455 e. The van der Waals surface area contributed by atoms with Gasteiger partial charge in [0.05, 0.1) is 12.2 Å². The summed E-state index contributed by atoms with van der Waals surface area (Å²) < 4.78 is 73.4. The van der Waals surface area contributed by atoms with Crippen LogP contribution in [0, 0.1) is 24.5 Å². The van der Waals surface area contributed by atoms with Crippen LogP contribution in [0.2, 0.25) is 0 Å². The third-order valence-corrected chi connectivity index (χ3v) is 7.09. The molecule has 1 aliphatic heterocycles. The molecular weight excluding hydrogens is 600 g/mol. The quantitative estimate of drug-likeness (QED) is 0.226. The number of amides is 2. The SMILES string of the molecule is CCC[C@H]1CCCNN(Cc2cccc(F)c2F)C(=O)/C(C(=O)Nc2cc(C)oc2C(F)(F)F)=C\1I. The Morgan fingerprint density at radius 3 is 2.69 bits per heavy atom. The number of furan rings is 1. The fourth-order valence-electron chi connectivity index (χ4n) is 4.00. The number of anilines is 1. The number of hydrazine groups is 1. The molecule has 2 amide bonds. The molecule has 2 heterocycles. The van der Waals surface area contributed by atoms with Crippen molar-refractivity contribution in [3.63, 3.8) is 0 Å². The molecule has 196 valence electrons. The van der Waals surface area contributed by atoms with E-state index in [2.05, 4.69) is 10.7 Å². The van der Waals surface area contributed by atoms with Crippen LogP contribution in [0.3, 0.4) is 0 Å². The topological polar surface area (TPSA) is 74.6 Å². The van der Waals surface area contributed by atoms with Gasteiger partial charge in [-0.25, -0.2) is 14.2 Å². The van der Waals surface area contributed by atoms with Crippen molar-refractivity contribution in [1.82, 2.24) is 10.4 Å². The number of nitrogens with zero attached hydrogens (tertiary/aromatic N) is 1. The smallest absolute Gasteiger partial charge is 0.451 e. The molecule has 1 atom stereocenters. The molecular formula is C24H25F5IN3O3. The first-order valence-electron chi connectivity index (χ1n) is 11.3. The molecule has 2 N–H and O–H groups in total. The Morgan fingerprint density at radius 1 is 1.31 bits per heavy atom. The molecule has 12 heteroatoms. The van der Waals surface area contributed by atoms with Crippen LogP contribution in [0.4, 0.5) is 27.6 Å².